The first-order chi connectivity index (χ1) is 26.2. The van der Waals surface area contributed by atoms with Gasteiger partial charge in [-0.3, -0.25) is 4.79 Å². The lowest BCUT2D eigenvalue weighted by molar-refractivity contribution is -0.389. The third kappa shape index (κ3) is 7.96. The highest BCUT2D eigenvalue weighted by Crippen LogP contribution is 2.37. The predicted molar refractivity (Wildman–Crippen MR) is 177 cm³/mol. The summed E-state index contributed by atoms with van der Waals surface area (Å²) < 4.78 is 45.3. The Morgan fingerprint density at radius 3 is 1.76 bits per heavy atom. The minimum atomic E-state index is -2.00. The molecule has 0 saturated carbocycles. The molecule has 55 heavy (non-hydrogen) atoms. The molecule has 15 atom stereocenters. The molecule has 3 aliphatic rings. The molecule has 304 valence electrons. The number of phenolic OH excluding ortho intramolecular Hbond substituents is 2. The average Bonchev–Trinajstić information content (AvgIpc) is 3.16. The van der Waals surface area contributed by atoms with Gasteiger partial charge in [-0.25, -0.2) is 0 Å². The quantitative estimate of drug-likeness (QED) is 0.0875. The molecule has 0 amide bonds. The van der Waals surface area contributed by atoms with Gasteiger partial charge in [0.05, 0.1) is 26.9 Å². The van der Waals surface area contributed by atoms with Gasteiger partial charge >= 0.3 is 0 Å². The van der Waals surface area contributed by atoms with Crippen molar-refractivity contribution in [2.75, 3.05) is 26.9 Å². The van der Waals surface area contributed by atoms with Crippen LogP contribution in [-0.2, 0) is 23.7 Å². The van der Waals surface area contributed by atoms with Gasteiger partial charge in [-0.1, -0.05) is 0 Å². The number of phenols is 2. The van der Waals surface area contributed by atoms with Gasteiger partial charge in [0.25, 0.3) is 0 Å². The topological polar surface area (TPSA) is 338 Å². The average molecular weight is 787 g/mol. The number of aliphatic hydroxyl groups excluding tert-OH is 10. The molecule has 0 radical (unpaired) electrons. The lowest BCUT2D eigenvalue weighted by atomic mass is 9.96. The molecule has 0 bridgehead atoms. The molecule has 21 nitrogen and oxygen atoms in total. The first-order valence-electron chi connectivity index (χ1n) is 16.9. The van der Waals surface area contributed by atoms with Crippen molar-refractivity contribution in [1.29, 1.82) is 0 Å². The van der Waals surface area contributed by atoms with Gasteiger partial charge < -0.3 is 98.9 Å². The first-order valence-corrected chi connectivity index (χ1v) is 16.9. The molecule has 0 unspecified atom stereocenters. The fourth-order valence-corrected chi connectivity index (χ4v) is 6.51. The van der Waals surface area contributed by atoms with Crippen LogP contribution in [-0.4, -0.2) is 180 Å². The Balaban J connectivity index is 1.33. The highest BCUT2D eigenvalue weighted by atomic mass is 16.8. The van der Waals surface area contributed by atoms with E-state index in [4.69, 9.17) is 37.6 Å². The normalized spacial score (nSPS) is 36.8. The predicted octanol–water partition coefficient (Wildman–Crippen LogP) is -4.29. The minimum Gasteiger partial charge on any atom is -0.507 e. The second-order valence-electron chi connectivity index (χ2n) is 13.1. The zero-order chi connectivity index (χ0) is 39.9. The summed E-state index contributed by atoms with van der Waals surface area (Å²) in [7, 11) is 1.32. The molecule has 2 aromatic carbocycles. The number of benzene rings is 2. The zero-order valence-corrected chi connectivity index (χ0v) is 28.8. The van der Waals surface area contributed by atoms with E-state index in [1.165, 1.54) is 31.4 Å². The Kier molecular flexibility index (Phi) is 12.5. The van der Waals surface area contributed by atoms with Gasteiger partial charge in [-0.05, 0) is 18.2 Å². The van der Waals surface area contributed by atoms with Crippen molar-refractivity contribution < 1.29 is 98.9 Å². The molecule has 12 N–H and O–H groups in total. The first kappa shape index (κ1) is 40.9. The highest BCUT2D eigenvalue weighted by molar-refractivity contribution is 5.86. The van der Waals surface area contributed by atoms with E-state index in [0.717, 1.165) is 12.1 Å². The van der Waals surface area contributed by atoms with Crippen molar-refractivity contribution in [2.45, 2.75) is 92.1 Å². The van der Waals surface area contributed by atoms with E-state index < -0.39 is 123 Å². The Hall–Kier alpha value is -3.75. The highest BCUT2D eigenvalue weighted by Gasteiger charge is 2.54. The Morgan fingerprint density at radius 2 is 1.16 bits per heavy atom. The molecular weight excluding hydrogens is 744 g/mol. The molecule has 0 aliphatic carbocycles. The Bertz CT molecular complexity index is 1840. The summed E-state index contributed by atoms with van der Waals surface area (Å²) in [6, 6.07) is 7.43. The third-order valence-electron chi connectivity index (χ3n) is 9.58. The van der Waals surface area contributed by atoms with Gasteiger partial charge in [0.15, 0.2) is 35.6 Å². The van der Waals surface area contributed by atoms with Crippen LogP contribution in [0.25, 0.3) is 22.3 Å². The van der Waals surface area contributed by atoms with Crippen LogP contribution in [0.1, 0.15) is 0 Å². The molecule has 4 heterocycles. The van der Waals surface area contributed by atoms with E-state index in [1.54, 1.807) is 0 Å². The van der Waals surface area contributed by atoms with Gasteiger partial charge in [0.1, 0.15) is 95.4 Å². The third-order valence-corrected chi connectivity index (χ3v) is 9.58. The summed E-state index contributed by atoms with van der Waals surface area (Å²) in [6.45, 7) is -2.56. The van der Waals surface area contributed by atoms with E-state index in [2.05, 4.69) is 0 Å². The molecule has 0 spiro atoms. The number of hydrogen-bond acceptors (Lipinski definition) is 21. The largest absolute Gasteiger partial charge is 0.507 e. The van der Waals surface area contributed by atoms with Gasteiger partial charge in [-0.2, -0.15) is 0 Å². The minimum absolute atomic E-state index is 0.000406. The summed E-state index contributed by atoms with van der Waals surface area (Å²) in [4.78, 5) is 13.1. The van der Waals surface area contributed by atoms with Crippen molar-refractivity contribution in [3.8, 4) is 34.3 Å². The maximum absolute atomic E-state index is 13.1. The van der Waals surface area contributed by atoms with Gasteiger partial charge in [-0.15, -0.1) is 0 Å². The molecular formula is C34H42O21. The fraction of sp³-hybridized carbons (Fsp3) is 0.559. The van der Waals surface area contributed by atoms with Crippen LogP contribution >= 0.6 is 0 Å². The summed E-state index contributed by atoms with van der Waals surface area (Å²) >= 11 is 0. The standard InChI is InChI=1S/C34H42O21/c1-48-17-4-11(2-3-13(17)38)16-7-15(40)22-14(39)5-12(6-18(22)50-16)49-33-30(27(45)24(42)20(9-36)52-33)55-34-31(28(46)25(43)21(10-37)53-34)54-32-29(47)26(44)23(41)19(8-35)51-32/h2-7,19-21,23-39,41-47H,8-10H2,1H3/t19-,20+,21+,23+,24+,25+,26+,27-,28-,29+,30+,31-,32+,33-,34-/m1/s1. The van der Waals surface area contributed by atoms with Crippen molar-refractivity contribution in [1.82, 2.24) is 0 Å². The SMILES string of the molecule is COc1cc(-c2cc(=O)c3c(O)cc(O[C@@H]4O[C@@H](CO)[C@H](O)[C@@H](O)[C@@H]4O[C@H]4O[C@@H](CO)[C@H](O)[C@@H](O)[C@H]4O[C@@H]4O[C@H](CO)[C@H](O)[C@H](O)[C@@H]4O)cc3o2)ccc1O. The smallest absolute Gasteiger partial charge is 0.229 e. The van der Waals surface area contributed by atoms with Crippen molar-refractivity contribution in [3.05, 3.63) is 46.6 Å². The molecule has 3 aliphatic heterocycles. The van der Waals surface area contributed by atoms with Crippen LogP contribution in [0.2, 0.25) is 0 Å². The van der Waals surface area contributed by atoms with E-state index in [1.807, 2.05) is 0 Å². The van der Waals surface area contributed by atoms with Crippen molar-refractivity contribution in [3.63, 3.8) is 0 Å². The molecule has 3 fully saturated rings. The van der Waals surface area contributed by atoms with Gasteiger partial charge in [0.2, 0.25) is 6.29 Å². The number of methoxy groups -OCH3 is 1. The van der Waals surface area contributed by atoms with Crippen LogP contribution in [0.4, 0.5) is 0 Å². The van der Waals surface area contributed by atoms with E-state index in [-0.39, 0.29) is 34.0 Å². The van der Waals surface area contributed by atoms with E-state index >= 15 is 0 Å². The maximum atomic E-state index is 13.1. The molecule has 6 rings (SSSR count). The van der Waals surface area contributed by atoms with Crippen LogP contribution in [0.15, 0.2) is 45.6 Å². The lowest BCUT2D eigenvalue weighted by Crippen LogP contribution is -2.67. The van der Waals surface area contributed by atoms with Crippen LogP contribution in [0.3, 0.4) is 0 Å². The van der Waals surface area contributed by atoms with Crippen molar-refractivity contribution >= 4 is 11.0 Å². The molecule has 21 heteroatoms. The summed E-state index contributed by atoms with van der Waals surface area (Å²) in [5.74, 6) is -0.983. The second kappa shape index (κ2) is 16.8. The Morgan fingerprint density at radius 1 is 0.618 bits per heavy atom. The number of ether oxygens (including phenoxy) is 7. The second-order valence-corrected chi connectivity index (χ2v) is 13.1. The summed E-state index contributed by atoms with van der Waals surface area (Å²) in [5.41, 5.74) is -0.558. The lowest BCUT2D eigenvalue weighted by Gasteiger charge is -2.48. The van der Waals surface area contributed by atoms with Crippen LogP contribution < -0.4 is 14.9 Å². The van der Waals surface area contributed by atoms with Gasteiger partial charge in [0, 0.05) is 23.8 Å². The molecule has 1 aromatic heterocycles. The fourth-order valence-electron chi connectivity index (χ4n) is 6.51. The summed E-state index contributed by atoms with van der Waals surface area (Å²) in [6.07, 6.45) is -27.2. The number of fused-ring (bicyclic) bond motifs is 1. The number of rotatable bonds is 11. The number of hydrogen-bond donors (Lipinski definition) is 12. The van der Waals surface area contributed by atoms with E-state index in [9.17, 15) is 66.1 Å². The summed E-state index contributed by atoms with van der Waals surface area (Å²) in [5, 5.41) is 125. The Labute approximate surface area is 309 Å². The molecule has 3 aromatic rings. The van der Waals surface area contributed by atoms with E-state index in [0.29, 0.717) is 5.56 Å². The zero-order valence-electron chi connectivity index (χ0n) is 28.8. The number of aromatic hydroxyl groups is 2. The number of aliphatic hydroxyl groups is 10. The maximum Gasteiger partial charge on any atom is 0.229 e. The van der Waals surface area contributed by atoms with Crippen LogP contribution in [0, 0.1) is 0 Å². The van der Waals surface area contributed by atoms with Crippen LogP contribution in [0.5, 0.6) is 23.0 Å². The molecule has 3 saturated heterocycles. The monoisotopic (exact) mass is 786 g/mol. The van der Waals surface area contributed by atoms with Crippen molar-refractivity contribution in [2.24, 2.45) is 0 Å².